The van der Waals surface area contributed by atoms with Crippen molar-refractivity contribution in [3.8, 4) is 6.07 Å². The average molecular weight is 224 g/mol. The molecule has 16 heavy (non-hydrogen) atoms. The number of nitriles is 1. The Balaban J connectivity index is 4.28. The summed E-state index contributed by atoms with van der Waals surface area (Å²) >= 11 is 0. The van der Waals surface area contributed by atoms with E-state index in [0.717, 1.165) is 0 Å². The third-order valence-corrected chi connectivity index (χ3v) is 1.89. The van der Waals surface area contributed by atoms with Crippen LogP contribution in [-0.2, 0) is 0 Å². The topological polar surface area (TPSA) is 66.9 Å². The number of rotatable bonds is 6. The molecule has 0 N–H and O–H groups in total. The second-order valence-corrected chi connectivity index (χ2v) is 2.99. The molecule has 5 heteroatoms. The van der Waals surface area contributed by atoms with E-state index in [-0.39, 0.29) is 18.5 Å². The fourth-order valence-electron chi connectivity index (χ4n) is 1.00. The van der Waals surface area contributed by atoms with Gasteiger partial charge in [-0.1, -0.05) is 12.2 Å². The molecule has 0 atom stereocenters. The largest absolute Gasteiger partial charge is 0.259 e. The maximum absolute atomic E-state index is 12.3. The van der Waals surface area contributed by atoms with Gasteiger partial charge in [0.05, 0.1) is 23.7 Å². The summed E-state index contributed by atoms with van der Waals surface area (Å²) in [4.78, 5) is 9.95. The fraction of sp³-hybridized carbons (Fsp3) is 0.364. The first-order valence-electron chi connectivity index (χ1n) is 4.78. The highest BCUT2D eigenvalue weighted by Crippen LogP contribution is 2.09. The number of nitrogens with zero attached hydrogens (tertiary/aromatic N) is 2. The molecule has 0 aliphatic heterocycles. The molecule has 0 unspecified atom stereocenters. The van der Waals surface area contributed by atoms with E-state index in [2.05, 4.69) is 0 Å². The van der Waals surface area contributed by atoms with E-state index < -0.39 is 4.92 Å². The van der Waals surface area contributed by atoms with Gasteiger partial charge >= 0.3 is 0 Å². The van der Waals surface area contributed by atoms with Crippen LogP contribution in [0.25, 0.3) is 0 Å². The maximum atomic E-state index is 12.3. The Kier molecular flexibility index (Phi) is 7.33. The van der Waals surface area contributed by atoms with Gasteiger partial charge in [-0.15, -0.1) is 0 Å². The zero-order chi connectivity index (χ0) is 12.4. The third kappa shape index (κ3) is 5.70. The first-order valence-corrected chi connectivity index (χ1v) is 4.78. The van der Waals surface area contributed by atoms with Crippen molar-refractivity contribution in [3.05, 3.63) is 45.9 Å². The molecule has 0 aromatic carbocycles. The zero-order valence-corrected chi connectivity index (χ0v) is 9.02. The first kappa shape index (κ1) is 14.0. The molecule has 86 valence electrons. The van der Waals surface area contributed by atoms with E-state index in [1.54, 1.807) is 6.92 Å². The van der Waals surface area contributed by atoms with E-state index in [9.17, 15) is 14.5 Å². The van der Waals surface area contributed by atoms with Crippen LogP contribution in [0.1, 0.15) is 26.2 Å². The molecule has 4 nitrogen and oxygen atoms in total. The predicted molar refractivity (Wildman–Crippen MR) is 58.5 cm³/mol. The van der Waals surface area contributed by atoms with Crippen LogP contribution in [0.2, 0.25) is 0 Å². The van der Waals surface area contributed by atoms with Crippen molar-refractivity contribution in [1.82, 2.24) is 0 Å². The average Bonchev–Trinajstić information content (AvgIpc) is 2.28. The Morgan fingerprint density at radius 1 is 1.62 bits per heavy atom. The molecule has 0 aromatic rings. The number of hydrogen-bond donors (Lipinski definition) is 0. The SMILES string of the molecule is C/C=C(\C/C=C\C(=C\F)CCC#N)[N+](=O)[O-]. The Bertz CT molecular complexity index is 365. The smallest absolute Gasteiger partial charge is 0.245 e. The van der Waals surface area contributed by atoms with E-state index in [0.29, 0.717) is 18.3 Å². The van der Waals surface area contributed by atoms with Gasteiger partial charge < -0.3 is 0 Å². The number of hydrogen-bond acceptors (Lipinski definition) is 3. The van der Waals surface area contributed by atoms with Gasteiger partial charge in [0, 0.05) is 6.42 Å². The lowest BCUT2D eigenvalue weighted by Crippen LogP contribution is -1.96. The van der Waals surface area contributed by atoms with Crippen LogP contribution in [0, 0.1) is 21.4 Å². The molecule has 0 amide bonds. The van der Waals surface area contributed by atoms with Gasteiger partial charge in [0.15, 0.2) is 0 Å². The van der Waals surface area contributed by atoms with Gasteiger partial charge in [-0.3, -0.25) is 10.1 Å². The molecule has 0 spiro atoms. The molecule has 0 aliphatic rings. The minimum absolute atomic E-state index is 0.0646. The molecule has 0 heterocycles. The minimum atomic E-state index is -0.474. The van der Waals surface area contributed by atoms with Crippen molar-refractivity contribution in [2.45, 2.75) is 26.2 Å². The van der Waals surface area contributed by atoms with Crippen LogP contribution >= 0.6 is 0 Å². The molecule has 0 saturated heterocycles. The van der Waals surface area contributed by atoms with Crippen molar-refractivity contribution in [2.24, 2.45) is 0 Å². The number of nitro groups is 1. The number of allylic oxidation sites excluding steroid dienone is 4. The summed E-state index contributed by atoms with van der Waals surface area (Å²) in [7, 11) is 0. The van der Waals surface area contributed by atoms with Crippen LogP contribution in [0.5, 0.6) is 0 Å². The Hall–Kier alpha value is -1.96. The summed E-state index contributed by atoms with van der Waals surface area (Å²) in [6.07, 6.45) is 5.48. The third-order valence-electron chi connectivity index (χ3n) is 1.89. The van der Waals surface area contributed by atoms with E-state index >= 15 is 0 Å². The minimum Gasteiger partial charge on any atom is -0.259 e. The summed E-state index contributed by atoms with van der Waals surface area (Å²) < 4.78 is 12.3. The van der Waals surface area contributed by atoms with E-state index in [1.165, 1.54) is 18.2 Å². The van der Waals surface area contributed by atoms with Gasteiger partial charge in [0.2, 0.25) is 5.70 Å². The molecule has 0 saturated carbocycles. The lowest BCUT2D eigenvalue weighted by atomic mass is 10.1. The van der Waals surface area contributed by atoms with E-state index in [1.807, 2.05) is 6.07 Å². The van der Waals surface area contributed by atoms with Gasteiger partial charge in [-0.2, -0.15) is 5.26 Å². The Morgan fingerprint density at radius 2 is 2.31 bits per heavy atom. The summed E-state index contributed by atoms with van der Waals surface area (Å²) in [5, 5.41) is 18.7. The highest BCUT2D eigenvalue weighted by molar-refractivity contribution is 5.18. The first-order chi connectivity index (χ1) is 7.65. The quantitative estimate of drug-likeness (QED) is 0.395. The monoisotopic (exact) mass is 224 g/mol. The summed E-state index contributed by atoms with van der Waals surface area (Å²) in [6, 6.07) is 1.90. The summed E-state index contributed by atoms with van der Waals surface area (Å²) in [6.45, 7) is 1.58. The van der Waals surface area contributed by atoms with E-state index in [4.69, 9.17) is 5.26 Å². The van der Waals surface area contributed by atoms with Gasteiger partial charge in [0.1, 0.15) is 0 Å². The van der Waals surface area contributed by atoms with Crippen molar-refractivity contribution < 1.29 is 9.31 Å². The molecular weight excluding hydrogens is 211 g/mol. The molecule has 0 bridgehead atoms. The standard InChI is InChI=1S/C11H13FN2O2/c1-2-11(14(15)16)7-3-5-10(9-12)6-4-8-13/h2-3,5,9H,4,6-7H2,1H3/b5-3-,10-9-,11-2+. The van der Waals surface area contributed by atoms with Crippen molar-refractivity contribution in [1.29, 1.82) is 5.26 Å². The van der Waals surface area contributed by atoms with Crippen LogP contribution in [-0.4, -0.2) is 4.92 Å². The normalized spacial score (nSPS) is 12.8. The molecular formula is C11H13FN2O2. The second kappa shape index (κ2) is 8.36. The van der Waals surface area contributed by atoms with Gasteiger partial charge in [-0.25, -0.2) is 4.39 Å². The summed E-state index contributed by atoms with van der Waals surface area (Å²) in [5.74, 6) is 0. The molecule has 0 radical (unpaired) electrons. The van der Waals surface area contributed by atoms with Crippen LogP contribution in [0.3, 0.4) is 0 Å². The zero-order valence-electron chi connectivity index (χ0n) is 9.02. The molecule has 0 aromatic heterocycles. The van der Waals surface area contributed by atoms with Gasteiger partial charge in [0.25, 0.3) is 0 Å². The summed E-state index contributed by atoms with van der Waals surface area (Å²) in [5.41, 5.74) is 0.426. The van der Waals surface area contributed by atoms with Crippen molar-refractivity contribution >= 4 is 0 Å². The predicted octanol–water partition coefficient (Wildman–Crippen LogP) is 3.27. The lowest BCUT2D eigenvalue weighted by molar-refractivity contribution is -0.426. The molecule has 0 aliphatic carbocycles. The number of halogens is 1. The Labute approximate surface area is 93.5 Å². The van der Waals surface area contributed by atoms with Crippen LogP contribution in [0.15, 0.2) is 35.8 Å². The fourth-order valence-corrected chi connectivity index (χ4v) is 1.00. The second-order valence-electron chi connectivity index (χ2n) is 2.99. The van der Waals surface area contributed by atoms with Crippen LogP contribution < -0.4 is 0 Å². The highest BCUT2D eigenvalue weighted by Gasteiger charge is 2.05. The van der Waals surface area contributed by atoms with Crippen LogP contribution in [0.4, 0.5) is 4.39 Å². The molecule has 0 rings (SSSR count). The lowest BCUT2D eigenvalue weighted by Gasteiger charge is -1.95. The maximum Gasteiger partial charge on any atom is 0.245 e. The molecule has 0 fully saturated rings. The van der Waals surface area contributed by atoms with Gasteiger partial charge in [-0.05, 0) is 25.0 Å². The Morgan fingerprint density at radius 3 is 2.75 bits per heavy atom. The van der Waals surface area contributed by atoms with Crippen molar-refractivity contribution in [2.75, 3.05) is 0 Å². The highest BCUT2D eigenvalue weighted by atomic mass is 19.1. The van der Waals surface area contributed by atoms with Crippen molar-refractivity contribution in [3.63, 3.8) is 0 Å².